The van der Waals surface area contributed by atoms with Gasteiger partial charge in [-0.15, -0.1) is 0 Å². The fraction of sp³-hybridized carbons (Fsp3) is 0.500. The number of nitrogens with zero attached hydrogens (tertiary/aromatic N) is 3. The summed E-state index contributed by atoms with van der Waals surface area (Å²) < 4.78 is 80.4. The van der Waals surface area contributed by atoms with E-state index in [1.54, 1.807) is 4.90 Å². The van der Waals surface area contributed by atoms with Gasteiger partial charge in [-0.05, 0) is 43.2 Å². The molecule has 15 heteroatoms. The van der Waals surface area contributed by atoms with Gasteiger partial charge >= 0.3 is 11.0 Å². The van der Waals surface area contributed by atoms with Crippen LogP contribution in [-0.2, 0) is 24.1 Å². The van der Waals surface area contributed by atoms with Gasteiger partial charge in [0.2, 0.25) is 5.91 Å². The average molecular weight is 580 g/mol. The number of amides is 1. The number of aromatic nitrogens is 2. The molecule has 2 atom stereocenters. The maximum atomic E-state index is 13.1. The second-order valence-corrected chi connectivity index (χ2v) is 10.8. The standard InChI is InChI=1S/C20H17Cl2F6N3O2S2/c21-15-7-13(33-35-20(26,27)28)8-16(22)14(15)6-10-3-4-30(18(10)32)12-1-2-17-11(5-12)9-31(29-17)34-19(23,24)25/h7-10,12H,1-6H2. The van der Waals surface area contributed by atoms with Crippen LogP contribution in [0, 0.1) is 5.92 Å². The van der Waals surface area contributed by atoms with Crippen molar-refractivity contribution in [1.82, 2.24) is 14.1 Å². The molecule has 1 amide bonds. The summed E-state index contributed by atoms with van der Waals surface area (Å²) in [5.41, 5.74) is -7.31. The number of aryl methyl sites for hydroxylation is 1. The summed E-state index contributed by atoms with van der Waals surface area (Å²) in [5.74, 6) is -0.700. The highest BCUT2D eigenvalue weighted by Gasteiger charge is 2.39. The van der Waals surface area contributed by atoms with Crippen LogP contribution >= 0.6 is 47.2 Å². The fourth-order valence-corrected chi connectivity index (χ4v) is 5.80. The topological polar surface area (TPSA) is 47.4 Å². The normalized spacial score (nSPS) is 20.9. The maximum absolute atomic E-state index is 13.1. The van der Waals surface area contributed by atoms with Crippen LogP contribution in [0.1, 0.15) is 29.7 Å². The van der Waals surface area contributed by atoms with Crippen molar-refractivity contribution in [2.45, 2.75) is 49.2 Å². The van der Waals surface area contributed by atoms with Gasteiger partial charge in [0.25, 0.3) is 0 Å². The number of likely N-dealkylation sites (tertiary alicyclic amines) is 1. The number of halogens is 8. The first-order chi connectivity index (χ1) is 16.3. The van der Waals surface area contributed by atoms with E-state index in [9.17, 15) is 31.1 Å². The molecule has 1 aliphatic heterocycles. The average Bonchev–Trinajstić information content (AvgIpc) is 3.29. The molecule has 5 nitrogen and oxygen atoms in total. The summed E-state index contributed by atoms with van der Waals surface area (Å²) >= 11 is 11.4. The van der Waals surface area contributed by atoms with E-state index in [4.69, 9.17) is 23.2 Å². The van der Waals surface area contributed by atoms with Gasteiger partial charge in [0, 0.05) is 46.9 Å². The summed E-state index contributed by atoms with van der Waals surface area (Å²) in [6.07, 6.45) is 3.56. The molecule has 1 aliphatic carbocycles. The Morgan fingerprint density at radius 2 is 1.77 bits per heavy atom. The van der Waals surface area contributed by atoms with Crippen LogP contribution in [0.15, 0.2) is 18.3 Å². The molecule has 0 saturated carbocycles. The molecule has 0 spiro atoms. The Kier molecular flexibility index (Phi) is 7.71. The van der Waals surface area contributed by atoms with Gasteiger partial charge in [0.1, 0.15) is 5.75 Å². The molecule has 0 bridgehead atoms. The van der Waals surface area contributed by atoms with E-state index >= 15 is 0 Å². The summed E-state index contributed by atoms with van der Waals surface area (Å²) in [6, 6.07) is 2.28. The van der Waals surface area contributed by atoms with Crippen molar-refractivity contribution in [3.05, 3.63) is 45.2 Å². The second kappa shape index (κ2) is 10.1. The highest BCUT2D eigenvalue weighted by Crippen LogP contribution is 2.39. The fourth-order valence-electron chi connectivity index (χ4n) is 4.36. The smallest absolute Gasteiger partial charge is 0.417 e. The molecular weight excluding hydrogens is 563 g/mol. The molecule has 1 aromatic carbocycles. The lowest BCUT2D eigenvalue weighted by atomic mass is 9.92. The third-order valence-corrected chi connectivity index (χ3v) is 7.53. The van der Waals surface area contributed by atoms with Crippen LogP contribution in [0.5, 0.6) is 5.75 Å². The van der Waals surface area contributed by atoms with Gasteiger partial charge in [-0.1, -0.05) is 23.2 Å². The molecule has 0 N–H and O–H groups in total. The number of benzene rings is 1. The first-order valence-corrected chi connectivity index (χ1v) is 12.6. The van der Waals surface area contributed by atoms with Crippen LogP contribution in [0.25, 0.3) is 0 Å². The van der Waals surface area contributed by atoms with Gasteiger partial charge in [-0.25, -0.2) is 4.09 Å². The van der Waals surface area contributed by atoms with E-state index in [1.165, 1.54) is 18.3 Å². The van der Waals surface area contributed by atoms with Crippen LogP contribution in [0.2, 0.25) is 10.0 Å². The summed E-state index contributed by atoms with van der Waals surface area (Å²) in [6.45, 7) is 0.480. The minimum absolute atomic E-state index is 0.0958. The molecule has 1 fully saturated rings. The van der Waals surface area contributed by atoms with Crippen molar-refractivity contribution in [3.8, 4) is 5.75 Å². The summed E-state index contributed by atoms with van der Waals surface area (Å²) in [7, 11) is 0. The van der Waals surface area contributed by atoms with Crippen molar-refractivity contribution in [2.75, 3.05) is 6.54 Å². The number of hydrogen-bond donors (Lipinski definition) is 0. The number of rotatable bonds is 6. The predicted octanol–water partition coefficient (Wildman–Crippen LogP) is 6.70. The molecule has 2 aromatic rings. The van der Waals surface area contributed by atoms with Crippen molar-refractivity contribution < 1.29 is 35.3 Å². The zero-order chi connectivity index (χ0) is 25.5. The zero-order valence-corrected chi connectivity index (χ0v) is 20.8. The molecule has 1 aromatic heterocycles. The largest absolute Gasteiger partial charge is 0.479 e. The lowest BCUT2D eigenvalue weighted by Gasteiger charge is -2.31. The molecule has 2 unspecified atom stereocenters. The highest BCUT2D eigenvalue weighted by molar-refractivity contribution is 7.98. The Balaban J connectivity index is 1.40. The zero-order valence-electron chi connectivity index (χ0n) is 17.6. The van der Waals surface area contributed by atoms with Crippen LogP contribution in [0.3, 0.4) is 0 Å². The monoisotopic (exact) mass is 579 g/mol. The van der Waals surface area contributed by atoms with E-state index in [0.717, 1.165) is 4.09 Å². The summed E-state index contributed by atoms with van der Waals surface area (Å²) in [5, 5.41) is 4.18. The summed E-state index contributed by atoms with van der Waals surface area (Å²) in [4.78, 5) is 14.9. The molecule has 1 saturated heterocycles. The minimum atomic E-state index is -4.59. The van der Waals surface area contributed by atoms with E-state index in [2.05, 4.69) is 9.28 Å². The lowest BCUT2D eigenvalue weighted by Crippen LogP contribution is -2.41. The molecule has 4 rings (SSSR count). The Morgan fingerprint density at radius 3 is 2.40 bits per heavy atom. The van der Waals surface area contributed by atoms with Gasteiger partial charge in [-0.3, -0.25) is 4.79 Å². The Labute approximate surface area is 214 Å². The van der Waals surface area contributed by atoms with E-state index in [1.807, 2.05) is 0 Å². The van der Waals surface area contributed by atoms with E-state index in [-0.39, 0.29) is 46.1 Å². The van der Waals surface area contributed by atoms with E-state index < -0.39 is 29.0 Å². The molecule has 35 heavy (non-hydrogen) atoms. The number of alkyl halides is 6. The molecule has 192 valence electrons. The molecule has 2 aliphatic rings. The maximum Gasteiger partial charge on any atom is 0.479 e. The van der Waals surface area contributed by atoms with Gasteiger partial charge in [0.05, 0.1) is 17.6 Å². The van der Waals surface area contributed by atoms with Gasteiger partial charge in [-0.2, -0.15) is 31.4 Å². The lowest BCUT2D eigenvalue weighted by molar-refractivity contribution is -0.133. The van der Waals surface area contributed by atoms with Crippen molar-refractivity contribution >= 4 is 53.1 Å². The first-order valence-electron chi connectivity index (χ1n) is 10.3. The first kappa shape index (κ1) is 26.6. The van der Waals surface area contributed by atoms with Crippen molar-refractivity contribution in [2.24, 2.45) is 5.92 Å². The predicted molar refractivity (Wildman–Crippen MR) is 121 cm³/mol. The third-order valence-electron chi connectivity index (χ3n) is 5.81. The van der Waals surface area contributed by atoms with Crippen LogP contribution in [-0.4, -0.2) is 43.6 Å². The van der Waals surface area contributed by atoms with E-state index in [0.29, 0.717) is 49.0 Å². The molecular formula is C20H17Cl2F6N3O2S2. The second-order valence-electron chi connectivity index (χ2n) is 8.14. The quantitative estimate of drug-likeness (QED) is 0.281. The number of carbonyl (C=O) groups excluding carboxylic acids is 1. The number of hydrogen-bond acceptors (Lipinski definition) is 5. The van der Waals surface area contributed by atoms with Gasteiger partial charge < -0.3 is 9.08 Å². The number of carbonyl (C=O) groups is 1. The Bertz CT molecular complexity index is 1090. The van der Waals surface area contributed by atoms with Crippen molar-refractivity contribution in [1.29, 1.82) is 0 Å². The highest BCUT2D eigenvalue weighted by atomic mass is 35.5. The molecule has 0 radical (unpaired) electrons. The molecule has 2 heterocycles. The third kappa shape index (κ3) is 6.66. The van der Waals surface area contributed by atoms with Crippen LogP contribution in [0.4, 0.5) is 26.3 Å². The van der Waals surface area contributed by atoms with Crippen LogP contribution < -0.4 is 4.18 Å². The number of fused-ring (bicyclic) bond motifs is 1. The SMILES string of the molecule is O=C1C(Cc2c(Cl)cc(OSC(F)(F)F)cc2Cl)CCN1C1CCc2nn(SC(F)(F)F)cc2C1. The Morgan fingerprint density at radius 1 is 1.09 bits per heavy atom. The minimum Gasteiger partial charge on any atom is -0.417 e. The Hall–Kier alpha value is -1.44. The van der Waals surface area contributed by atoms with Crippen molar-refractivity contribution in [3.63, 3.8) is 0 Å². The van der Waals surface area contributed by atoms with Gasteiger partial charge in [0.15, 0.2) is 12.0 Å².